The van der Waals surface area contributed by atoms with Crippen molar-refractivity contribution in [3.05, 3.63) is 54.2 Å². The molecule has 3 heterocycles. The summed E-state index contributed by atoms with van der Waals surface area (Å²) in [7, 11) is 0. The fourth-order valence-electron chi connectivity index (χ4n) is 4.54. The second-order valence-corrected chi connectivity index (χ2v) is 7.84. The zero-order valence-electron chi connectivity index (χ0n) is 14.7. The highest BCUT2D eigenvalue weighted by atomic mass is 32.1. The number of benzene rings is 1. The Morgan fingerprint density at radius 2 is 1.88 bits per heavy atom. The molecule has 0 amide bonds. The lowest BCUT2D eigenvalue weighted by Crippen LogP contribution is -3.20. The molecule has 1 aromatic heterocycles. The van der Waals surface area contributed by atoms with E-state index >= 15 is 0 Å². The first-order valence-corrected chi connectivity index (χ1v) is 9.79. The topological polar surface area (TPSA) is 41.6 Å². The molecule has 4 atom stereocenters. The third-order valence-electron chi connectivity index (χ3n) is 5.69. The third-order valence-corrected chi connectivity index (χ3v) is 5.91. The van der Waals surface area contributed by atoms with Crippen LogP contribution in [0.3, 0.4) is 0 Å². The number of piperidine rings is 2. The van der Waals surface area contributed by atoms with Crippen molar-refractivity contribution in [1.29, 1.82) is 0 Å². The maximum Gasteiger partial charge on any atom is 0.171 e. The molecular formula is C20H25FN3OS+. The van der Waals surface area contributed by atoms with Gasteiger partial charge < -0.3 is 20.0 Å². The van der Waals surface area contributed by atoms with Crippen LogP contribution >= 0.6 is 12.2 Å². The number of halogens is 1. The van der Waals surface area contributed by atoms with E-state index in [0.29, 0.717) is 23.2 Å². The molecule has 2 aromatic rings. The molecule has 2 bridgehead atoms. The first-order chi connectivity index (χ1) is 12.7. The van der Waals surface area contributed by atoms with Gasteiger partial charge in [0.15, 0.2) is 10.9 Å². The summed E-state index contributed by atoms with van der Waals surface area (Å²) in [5.74, 6) is 0.839. The highest BCUT2D eigenvalue weighted by Crippen LogP contribution is 2.23. The first-order valence-electron chi connectivity index (χ1n) is 9.38. The molecule has 2 aliphatic rings. The average Bonchev–Trinajstić information content (AvgIpc) is 3.11. The van der Waals surface area contributed by atoms with Gasteiger partial charge in [-0.15, -0.1) is 0 Å². The van der Waals surface area contributed by atoms with Crippen LogP contribution in [0.1, 0.15) is 37.9 Å². The van der Waals surface area contributed by atoms with Crippen molar-refractivity contribution >= 4 is 23.0 Å². The lowest BCUT2D eigenvalue weighted by molar-refractivity contribution is -0.974. The summed E-state index contributed by atoms with van der Waals surface area (Å²) >= 11 is 5.47. The van der Waals surface area contributed by atoms with E-state index in [1.54, 1.807) is 23.3 Å². The molecule has 4 rings (SSSR count). The van der Waals surface area contributed by atoms with Gasteiger partial charge in [0.05, 0.1) is 18.3 Å². The van der Waals surface area contributed by atoms with Crippen LogP contribution < -0.4 is 15.5 Å². The number of thiocarbonyl (C=S) groups is 1. The Morgan fingerprint density at radius 3 is 2.54 bits per heavy atom. The van der Waals surface area contributed by atoms with E-state index < -0.39 is 0 Å². The minimum atomic E-state index is -0.242. The minimum Gasteiger partial charge on any atom is -0.463 e. The Hall–Kier alpha value is -1.92. The molecule has 2 fully saturated rings. The Morgan fingerprint density at radius 1 is 1.15 bits per heavy atom. The van der Waals surface area contributed by atoms with Crippen LogP contribution in [0.4, 0.5) is 10.1 Å². The Balaban J connectivity index is 1.34. The maximum atomic E-state index is 13.0. The summed E-state index contributed by atoms with van der Waals surface area (Å²) in [5.41, 5.74) is 0.810. The Kier molecular flexibility index (Phi) is 5.22. The van der Waals surface area contributed by atoms with E-state index in [-0.39, 0.29) is 5.82 Å². The van der Waals surface area contributed by atoms with E-state index in [1.165, 1.54) is 31.4 Å². The standard InChI is InChI=1S/C20H24FN3OS/c21-14-6-8-15(9-7-14)22-20(26)23-16-11-17-3-1-4-18(12-16)24(17)13-19-5-2-10-25-19/h2,5-10,16-18H,1,3-4,11-13H2,(H2,22,23,26)/p+1/t16?,17-,18+. The van der Waals surface area contributed by atoms with Crippen molar-refractivity contribution in [2.45, 2.75) is 56.8 Å². The zero-order chi connectivity index (χ0) is 17.9. The van der Waals surface area contributed by atoms with Gasteiger partial charge >= 0.3 is 0 Å². The second-order valence-electron chi connectivity index (χ2n) is 7.43. The largest absolute Gasteiger partial charge is 0.463 e. The number of nitrogens with one attached hydrogen (secondary N) is 3. The molecule has 2 saturated heterocycles. The summed E-state index contributed by atoms with van der Waals surface area (Å²) in [5, 5.41) is 7.26. The number of hydrogen-bond donors (Lipinski definition) is 3. The number of furan rings is 1. The van der Waals surface area contributed by atoms with Crippen molar-refractivity contribution < 1.29 is 13.7 Å². The zero-order valence-corrected chi connectivity index (χ0v) is 15.5. The smallest absolute Gasteiger partial charge is 0.171 e. The molecule has 26 heavy (non-hydrogen) atoms. The van der Waals surface area contributed by atoms with E-state index in [9.17, 15) is 4.39 Å². The average molecular weight is 375 g/mol. The molecule has 1 aromatic carbocycles. The SMILES string of the molecule is Fc1ccc(NC(=S)NC2C[C@H]3CCC[C@@H](C2)[NH+]3Cc2ccco2)cc1. The Bertz CT molecular complexity index is 720. The van der Waals surface area contributed by atoms with Gasteiger partial charge in [0.1, 0.15) is 12.4 Å². The fourth-order valence-corrected chi connectivity index (χ4v) is 4.83. The lowest BCUT2D eigenvalue weighted by Gasteiger charge is -2.45. The van der Waals surface area contributed by atoms with Gasteiger partial charge in [-0.05, 0) is 67.9 Å². The summed E-state index contributed by atoms with van der Waals surface area (Å²) in [6, 6.07) is 12.0. The molecule has 0 saturated carbocycles. The van der Waals surface area contributed by atoms with Gasteiger partial charge in [0, 0.05) is 24.6 Å². The fraction of sp³-hybridized carbons (Fsp3) is 0.450. The van der Waals surface area contributed by atoms with Crippen molar-refractivity contribution in [2.75, 3.05) is 5.32 Å². The minimum absolute atomic E-state index is 0.242. The lowest BCUT2D eigenvalue weighted by atomic mass is 9.81. The normalized spacial score (nSPS) is 27.7. The van der Waals surface area contributed by atoms with Crippen LogP contribution in [-0.2, 0) is 6.54 Å². The van der Waals surface area contributed by atoms with Crippen LogP contribution in [0.25, 0.3) is 0 Å². The molecule has 2 unspecified atom stereocenters. The van der Waals surface area contributed by atoms with E-state index in [0.717, 1.165) is 30.8 Å². The van der Waals surface area contributed by atoms with Crippen LogP contribution in [0, 0.1) is 5.82 Å². The molecule has 2 aliphatic heterocycles. The summed E-state index contributed by atoms with van der Waals surface area (Å²) in [6.07, 6.45) is 7.86. The van der Waals surface area contributed by atoms with Gasteiger partial charge in [-0.2, -0.15) is 0 Å². The molecule has 0 radical (unpaired) electrons. The molecule has 138 valence electrons. The quantitative estimate of drug-likeness (QED) is 0.720. The number of hydrogen-bond acceptors (Lipinski definition) is 2. The Labute approximate surface area is 158 Å². The van der Waals surface area contributed by atoms with Gasteiger partial charge in [0.25, 0.3) is 0 Å². The predicted octanol–water partition coefficient (Wildman–Crippen LogP) is 2.87. The summed E-state index contributed by atoms with van der Waals surface area (Å²) in [4.78, 5) is 1.67. The van der Waals surface area contributed by atoms with Crippen molar-refractivity contribution in [3.63, 3.8) is 0 Å². The van der Waals surface area contributed by atoms with E-state index in [2.05, 4.69) is 16.7 Å². The highest BCUT2D eigenvalue weighted by Gasteiger charge is 2.42. The molecule has 3 N–H and O–H groups in total. The number of quaternary nitrogens is 1. The van der Waals surface area contributed by atoms with Gasteiger partial charge in [-0.3, -0.25) is 0 Å². The van der Waals surface area contributed by atoms with Crippen LogP contribution in [-0.4, -0.2) is 23.2 Å². The summed E-state index contributed by atoms with van der Waals surface area (Å²) < 4.78 is 18.6. The highest BCUT2D eigenvalue weighted by molar-refractivity contribution is 7.80. The molecule has 0 aliphatic carbocycles. The van der Waals surface area contributed by atoms with Crippen LogP contribution in [0.2, 0.25) is 0 Å². The van der Waals surface area contributed by atoms with Gasteiger partial charge in [-0.25, -0.2) is 4.39 Å². The van der Waals surface area contributed by atoms with Crippen molar-refractivity contribution in [2.24, 2.45) is 0 Å². The van der Waals surface area contributed by atoms with E-state index in [1.807, 2.05) is 6.07 Å². The molecule has 0 spiro atoms. The van der Waals surface area contributed by atoms with Crippen LogP contribution in [0.15, 0.2) is 47.1 Å². The molecular weight excluding hydrogens is 349 g/mol. The monoisotopic (exact) mass is 374 g/mol. The van der Waals surface area contributed by atoms with Crippen molar-refractivity contribution in [3.8, 4) is 0 Å². The second kappa shape index (κ2) is 7.76. The molecule has 4 nitrogen and oxygen atoms in total. The van der Waals surface area contributed by atoms with Gasteiger partial charge in [0.2, 0.25) is 0 Å². The maximum absolute atomic E-state index is 13.0. The number of fused-ring (bicyclic) bond motifs is 2. The number of rotatable bonds is 4. The third kappa shape index (κ3) is 4.07. The van der Waals surface area contributed by atoms with Crippen molar-refractivity contribution in [1.82, 2.24) is 5.32 Å². The van der Waals surface area contributed by atoms with Crippen LogP contribution in [0.5, 0.6) is 0 Å². The van der Waals surface area contributed by atoms with E-state index in [4.69, 9.17) is 16.6 Å². The number of anilines is 1. The molecule has 6 heteroatoms. The summed E-state index contributed by atoms with van der Waals surface area (Å²) in [6.45, 7) is 0.979. The predicted molar refractivity (Wildman–Crippen MR) is 104 cm³/mol. The first kappa shape index (κ1) is 17.5. The van der Waals surface area contributed by atoms with Gasteiger partial charge in [-0.1, -0.05) is 0 Å².